The van der Waals surface area contributed by atoms with Crippen molar-refractivity contribution in [2.24, 2.45) is 11.8 Å². The summed E-state index contributed by atoms with van der Waals surface area (Å²) in [5.41, 5.74) is 2.80. The van der Waals surface area contributed by atoms with E-state index in [0.717, 1.165) is 50.2 Å². The maximum Gasteiger partial charge on any atom is 0.219 e. The van der Waals surface area contributed by atoms with E-state index in [1.165, 1.54) is 43.5 Å². The van der Waals surface area contributed by atoms with Crippen molar-refractivity contribution in [1.82, 2.24) is 9.80 Å². The summed E-state index contributed by atoms with van der Waals surface area (Å²) in [5.74, 6) is 2.94. The van der Waals surface area contributed by atoms with Crippen LogP contribution in [0.25, 0.3) is 0 Å². The molecule has 3 aliphatic rings. The summed E-state index contributed by atoms with van der Waals surface area (Å²) in [4.78, 5) is 16.1. The number of carbonyl (C=O) groups is 1. The molecule has 4 heteroatoms. The molecular weight excluding hydrogens is 300 g/mol. The molecular formula is C20H28N2O2. The second-order valence-corrected chi connectivity index (χ2v) is 7.67. The van der Waals surface area contributed by atoms with E-state index in [4.69, 9.17) is 4.74 Å². The highest BCUT2D eigenvalue weighted by Crippen LogP contribution is 2.33. The number of benzene rings is 1. The van der Waals surface area contributed by atoms with Crippen molar-refractivity contribution in [3.05, 3.63) is 29.3 Å². The maximum atomic E-state index is 11.5. The minimum absolute atomic E-state index is 0.238. The minimum Gasteiger partial charge on any atom is -0.493 e. The molecule has 1 amide bonds. The van der Waals surface area contributed by atoms with Gasteiger partial charge in [-0.15, -0.1) is 0 Å². The van der Waals surface area contributed by atoms with Gasteiger partial charge in [-0.05, 0) is 54.8 Å². The third-order valence-corrected chi connectivity index (χ3v) is 6.12. The molecule has 1 unspecified atom stereocenters. The molecule has 0 spiro atoms. The molecule has 0 aliphatic carbocycles. The number of ether oxygens (including phenoxy) is 1. The van der Waals surface area contributed by atoms with Crippen molar-refractivity contribution >= 4 is 5.91 Å². The van der Waals surface area contributed by atoms with Crippen LogP contribution in [0.1, 0.15) is 37.3 Å². The first-order valence-corrected chi connectivity index (χ1v) is 9.41. The largest absolute Gasteiger partial charge is 0.493 e. The lowest BCUT2D eigenvalue weighted by Crippen LogP contribution is -2.39. The molecule has 24 heavy (non-hydrogen) atoms. The first-order valence-electron chi connectivity index (χ1n) is 9.41. The van der Waals surface area contributed by atoms with Crippen LogP contribution in [-0.2, 0) is 17.8 Å². The molecule has 3 aliphatic heterocycles. The molecule has 0 radical (unpaired) electrons. The number of likely N-dealkylation sites (tertiary alicyclic amines) is 2. The quantitative estimate of drug-likeness (QED) is 0.855. The van der Waals surface area contributed by atoms with Gasteiger partial charge in [-0.1, -0.05) is 12.1 Å². The Bertz CT molecular complexity index is 608. The smallest absolute Gasteiger partial charge is 0.219 e. The van der Waals surface area contributed by atoms with E-state index in [1.54, 1.807) is 6.92 Å². The van der Waals surface area contributed by atoms with E-state index in [1.807, 2.05) is 4.90 Å². The van der Waals surface area contributed by atoms with Crippen LogP contribution in [0, 0.1) is 11.8 Å². The van der Waals surface area contributed by atoms with Crippen molar-refractivity contribution in [1.29, 1.82) is 0 Å². The first kappa shape index (κ1) is 15.9. The summed E-state index contributed by atoms with van der Waals surface area (Å²) in [5, 5.41) is 0. The van der Waals surface area contributed by atoms with Gasteiger partial charge in [0.1, 0.15) is 5.75 Å². The Labute approximate surface area is 144 Å². The van der Waals surface area contributed by atoms with Crippen molar-refractivity contribution in [2.75, 3.05) is 32.8 Å². The Morgan fingerprint density at radius 1 is 1.17 bits per heavy atom. The fourth-order valence-corrected chi connectivity index (χ4v) is 4.67. The molecule has 1 aromatic rings. The van der Waals surface area contributed by atoms with Crippen LogP contribution in [0.15, 0.2) is 18.2 Å². The van der Waals surface area contributed by atoms with Gasteiger partial charge in [0.15, 0.2) is 0 Å². The molecule has 2 fully saturated rings. The van der Waals surface area contributed by atoms with E-state index in [9.17, 15) is 4.79 Å². The zero-order valence-electron chi connectivity index (χ0n) is 14.7. The summed E-state index contributed by atoms with van der Waals surface area (Å²) >= 11 is 0. The molecule has 0 bridgehead atoms. The van der Waals surface area contributed by atoms with Gasteiger partial charge < -0.3 is 9.64 Å². The zero-order valence-corrected chi connectivity index (χ0v) is 14.7. The Morgan fingerprint density at radius 3 is 2.75 bits per heavy atom. The van der Waals surface area contributed by atoms with Gasteiger partial charge in [0.25, 0.3) is 0 Å². The lowest BCUT2D eigenvalue weighted by atomic mass is 9.84. The van der Waals surface area contributed by atoms with Gasteiger partial charge in [-0.2, -0.15) is 0 Å². The Hall–Kier alpha value is -1.55. The number of amides is 1. The summed E-state index contributed by atoms with van der Waals surface area (Å²) < 4.78 is 5.60. The number of piperidine rings is 1. The lowest BCUT2D eigenvalue weighted by Gasteiger charge is -2.34. The second kappa shape index (κ2) is 6.75. The number of fused-ring (bicyclic) bond motifs is 1. The first-order chi connectivity index (χ1) is 11.7. The number of rotatable bonds is 3. The lowest BCUT2D eigenvalue weighted by molar-refractivity contribution is -0.130. The highest BCUT2D eigenvalue weighted by molar-refractivity contribution is 5.73. The Morgan fingerprint density at radius 2 is 1.96 bits per heavy atom. The molecule has 2 saturated heterocycles. The second-order valence-electron chi connectivity index (χ2n) is 7.67. The molecule has 0 N–H and O–H groups in total. The molecule has 3 heterocycles. The van der Waals surface area contributed by atoms with Gasteiger partial charge in [-0.25, -0.2) is 0 Å². The number of hydrogen-bond acceptors (Lipinski definition) is 3. The number of hydrogen-bond donors (Lipinski definition) is 0. The van der Waals surface area contributed by atoms with E-state index in [2.05, 4.69) is 23.1 Å². The fraction of sp³-hybridized carbons (Fsp3) is 0.650. The third-order valence-electron chi connectivity index (χ3n) is 6.12. The maximum absolute atomic E-state index is 11.5. The van der Waals surface area contributed by atoms with Gasteiger partial charge in [0, 0.05) is 39.5 Å². The molecule has 0 saturated carbocycles. The number of carbonyl (C=O) groups excluding carboxylic acids is 1. The number of nitrogens with zero attached hydrogens (tertiary/aromatic N) is 2. The average molecular weight is 328 g/mol. The molecule has 4 rings (SSSR count). The van der Waals surface area contributed by atoms with E-state index in [0.29, 0.717) is 0 Å². The van der Waals surface area contributed by atoms with Crippen molar-refractivity contribution in [3.63, 3.8) is 0 Å². The van der Waals surface area contributed by atoms with Gasteiger partial charge in [-0.3, -0.25) is 9.69 Å². The summed E-state index contributed by atoms with van der Waals surface area (Å²) in [6.45, 7) is 7.95. The van der Waals surface area contributed by atoms with Crippen LogP contribution in [0.2, 0.25) is 0 Å². The van der Waals surface area contributed by atoms with Crippen molar-refractivity contribution in [2.45, 2.75) is 39.2 Å². The Balaban J connectivity index is 1.30. The summed E-state index contributed by atoms with van der Waals surface area (Å²) in [6.07, 6.45) is 4.75. The van der Waals surface area contributed by atoms with Gasteiger partial charge in [0.05, 0.1) is 6.61 Å². The fourth-order valence-electron chi connectivity index (χ4n) is 4.67. The van der Waals surface area contributed by atoms with Crippen molar-refractivity contribution < 1.29 is 9.53 Å². The zero-order chi connectivity index (χ0) is 16.5. The average Bonchev–Trinajstić information content (AvgIpc) is 3.24. The van der Waals surface area contributed by atoms with Crippen LogP contribution in [-0.4, -0.2) is 48.5 Å². The van der Waals surface area contributed by atoms with Crippen LogP contribution >= 0.6 is 0 Å². The highest BCUT2D eigenvalue weighted by atomic mass is 16.5. The highest BCUT2D eigenvalue weighted by Gasteiger charge is 2.32. The standard InChI is InChI=1S/C20H28N2O2/c1-15(23)22-9-5-17(6-10-22)19-4-8-21(14-19)13-16-2-3-20-18(12-16)7-11-24-20/h2-3,12,17,19H,4-11,13-14H2,1H3. The van der Waals surface area contributed by atoms with Crippen LogP contribution < -0.4 is 4.74 Å². The van der Waals surface area contributed by atoms with Gasteiger partial charge >= 0.3 is 0 Å². The normalized spacial score (nSPS) is 24.9. The molecule has 130 valence electrons. The van der Waals surface area contributed by atoms with E-state index < -0.39 is 0 Å². The molecule has 1 aromatic carbocycles. The minimum atomic E-state index is 0.238. The monoisotopic (exact) mass is 328 g/mol. The summed E-state index contributed by atoms with van der Waals surface area (Å²) in [7, 11) is 0. The third kappa shape index (κ3) is 3.30. The molecule has 0 aromatic heterocycles. The van der Waals surface area contributed by atoms with E-state index >= 15 is 0 Å². The van der Waals surface area contributed by atoms with E-state index in [-0.39, 0.29) is 5.91 Å². The predicted octanol–water partition coefficient (Wildman–Crippen LogP) is 2.70. The SMILES string of the molecule is CC(=O)N1CCC(C2CCN(Cc3ccc4c(c3)CCO4)C2)CC1. The predicted molar refractivity (Wildman–Crippen MR) is 94.0 cm³/mol. The van der Waals surface area contributed by atoms with Crippen LogP contribution in [0.5, 0.6) is 5.75 Å². The Kier molecular flexibility index (Phi) is 4.49. The van der Waals surface area contributed by atoms with Gasteiger partial charge in [0.2, 0.25) is 5.91 Å². The van der Waals surface area contributed by atoms with Crippen LogP contribution in [0.3, 0.4) is 0 Å². The summed E-state index contributed by atoms with van der Waals surface area (Å²) in [6, 6.07) is 6.70. The molecule has 4 nitrogen and oxygen atoms in total. The topological polar surface area (TPSA) is 32.8 Å². The molecule has 1 atom stereocenters. The van der Waals surface area contributed by atoms with Crippen molar-refractivity contribution in [3.8, 4) is 5.75 Å². The van der Waals surface area contributed by atoms with Crippen LogP contribution in [0.4, 0.5) is 0 Å².